The summed E-state index contributed by atoms with van der Waals surface area (Å²) in [5, 5.41) is 33.0. The Morgan fingerprint density at radius 3 is 2.42 bits per heavy atom. The molecule has 1 aromatic carbocycles. The number of nitrogens with one attached hydrogen (secondary N) is 1. The van der Waals surface area contributed by atoms with Gasteiger partial charge in [-0.3, -0.25) is 30.3 Å². The van der Waals surface area contributed by atoms with Crippen molar-refractivity contribution in [1.29, 1.82) is 0 Å². The first-order chi connectivity index (χ1) is 12.0. The van der Waals surface area contributed by atoms with Crippen molar-refractivity contribution in [3.8, 4) is 5.75 Å². The predicted molar refractivity (Wildman–Crippen MR) is 89.4 cm³/mol. The largest absolute Gasteiger partial charge is 0.480 e. The maximum atomic E-state index is 12.1. The highest BCUT2D eigenvalue weighted by Crippen LogP contribution is 2.49. The van der Waals surface area contributed by atoms with Crippen LogP contribution in [0.4, 0.5) is 11.4 Å². The van der Waals surface area contributed by atoms with Gasteiger partial charge in [-0.2, -0.15) is 0 Å². The Morgan fingerprint density at radius 2 is 1.96 bits per heavy atom. The third-order valence-electron chi connectivity index (χ3n) is 3.46. The lowest BCUT2D eigenvalue weighted by Crippen LogP contribution is -2.24. The molecule has 0 aromatic heterocycles. The molecule has 0 heterocycles. The number of aliphatic carboxylic acids is 1. The molecule has 0 saturated carbocycles. The van der Waals surface area contributed by atoms with Crippen LogP contribution in [0.15, 0.2) is 12.1 Å². The van der Waals surface area contributed by atoms with Gasteiger partial charge in [0, 0.05) is 11.6 Å². The first-order valence-corrected chi connectivity index (χ1v) is 9.15. The van der Waals surface area contributed by atoms with Gasteiger partial charge in [0.2, 0.25) is 5.75 Å². The Balaban J connectivity index is 3.37. The van der Waals surface area contributed by atoms with E-state index in [1.54, 1.807) is 13.8 Å². The Labute approximate surface area is 147 Å². The number of nitro groups is 2. The second-order valence-electron chi connectivity index (χ2n) is 5.41. The van der Waals surface area contributed by atoms with Crippen LogP contribution in [0.5, 0.6) is 5.75 Å². The molecule has 0 radical (unpaired) electrons. The number of non-ortho nitro benzene ring substituents is 1. The van der Waals surface area contributed by atoms with E-state index in [2.05, 4.69) is 5.32 Å². The quantitative estimate of drug-likeness (QED) is 0.304. The summed E-state index contributed by atoms with van der Waals surface area (Å²) in [6.45, 7) is 2.74. The van der Waals surface area contributed by atoms with Gasteiger partial charge in [0.05, 0.1) is 22.5 Å². The molecule has 13 heteroatoms. The minimum Gasteiger partial charge on any atom is -0.480 e. The fraction of sp³-hybridized carbons (Fsp3) is 0.462. The lowest BCUT2D eigenvalue weighted by atomic mass is 9.96. The second-order valence-corrected chi connectivity index (χ2v) is 7.19. The fourth-order valence-corrected chi connectivity index (χ4v) is 2.97. The maximum Gasteiger partial charge on any atom is 0.390 e. The third-order valence-corrected chi connectivity index (χ3v) is 4.55. The normalized spacial score (nSPS) is 14.3. The van der Waals surface area contributed by atoms with Crippen molar-refractivity contribution in [2.75, 3.05) is 12.8 Å². The highest BCUT2D eigenvalue weighted by molar-refractivity contribution is 7.53. The molecule has 2 unspecified atom stereocenters. The van der Waals surface area contributed by atoms with Crippen LogP contribution in [0.2, 0.25) is 0 Å². The fourth-order valence-electron chi connectivity index (χ4n) is 2.03. The summed E-state index contributed by atoms with van der Waals surface area (Å²) >= 11 is 0. The van der Waals surface area contributed by atoms with Crippen LogP contribution in [0.1, 0.15) is 31.7 Å². The average Bonchev–Trinajstić information content (AvgIpc) is 2.52. The highest BCUT2D eigenvalue weighted by Gasteiger charge is 2.32. The van der Waals surface area contributed by atoms with E-state index in [1.807, 2.05) is 0 Å². The van der Waals surface area contributed by atoms with E-state index in [0.29, 0.717) is 12.5 Å². The Bertz CT molecular complexity index is 767. The standard InChI is InChI=1S/C13H18N3O9P/c1-3-8(2)10-4-9(15(19)20)5-11(16(21)22)13(10)25-26(23,24)7-14-6-12(17)18/h4-5,8,14H,3,6-7H2,1-2H3,(H,17,18)(H,23,24). The molecule has 144 valence electrons. The highest BCUT2D eigenvalue weighted by atomic mass is 31.2. The number of carbonyl (C=O) groups is 1. The molecule has 3 N–H and O–H groups in total. The molecule has 1 aromatic rings. The summed E-state index contributed by atoms with van der Waals surface area (Å²) in [6, 6.07) is 1.70. The van der Waals surface area contributed by atoms with Crippen LogP contribution in [0.25, 0.3) is 0 Å². The molecule has 26 heavy (non-hydrogen) atoms. The van der Waals surface area contributed by atoms with Gasteiger partial charge in [-0.1, -0.05) is 13.8 Å². The summed E-state index contributed by atoms with van der Waals surface area (Å²) in [4.78, 5) is 40.9. The smallest absolute Gasteiger partial charge is 0.390 e. The number of carboxylic acid groups (broad SMARTS) is 1. The molecule has 0 spiro atoms. The lowest BCUT2D eigenvalue weighted by Gasteiger charge is -2.18. The van der Waals surface area contributed by atoms with E-state index < -0.39 is 59.3 Å². The molecule has 1 rings (SSSR count). The minimum atomic E-state index is -4.50. The van der Waals surface area contributed by atoms with Gasteiger partial charge < -0.3 is 14.5 Å². The van der Waals surface area contributed by atoms with E-state index in [9.17, 15) is 34.5 Å². The van der Waals surface area contributed by atoms with Gasteiger partial charge in [0.15, 0.2) is 0 Å². The summed E-state index contributed by atoms with van der Waals surface area (Å²) in [5.41, 5.74) is -1.32. The van der Waals surface area contributed by atoms with Crippen molar-refractivity contribution in [1.82, 2.24) is 5.32 Å². The topological polar surface area (TPSA) is 182 Å². The zero-order chi connectivity index (χ0) is 20.1. The minimum absolute atomic E-state index is 0.0425. The van der Waals surface area contributed by atoms with E-state index >= 15 is 0 Å². The number of carboxylic acids is 1. The van der Waals surface area contributed by atoms with Gasteiger partial charge in [-0.25, -0.2) is 4.57 Å². The third kappa shape index (κ3) is 5.76. The van der Waals surface area contributed by atoms with Gasteiger partial charge in [-0.15, -0.1) is 0 Å². The van der Waals surface area contributed by atoms with Gasteiger partial charge in [-0.05, 0) is 12.3 Å². The summed E-state index contributed by atoms with van der Waals surface area (Å²) in [5.74, 6) is -2.25. The average molecular weight is 391 g/mol. The van der Waals surface area contributed by atoms with Gasteiger partial charge in [0.1, 0.15) is 6.29 Å². The predicted octanol–water partition coefficient (Wildman–Crippen LogP) is 2.21. The Morgan fingerprint density at radius 1 is 1.35 bits per heavy atom. The molecule has 0 bridgehead atoms. The SMILES string of the molecule is CCC(C)c1cc([N+](=O)[O-])cc([N+](=O)[O-])c1OP(=O)(O)CNCC(=O)O. The molecule has 0 aliphatic rings. The summed E-state index contributed by atoms with van der Waals surface area (Å²) in [7, 11) is -4.50. The first kappa shape index (κ1) is 21.5. The number of hydrogen-bond donors (Lipinski definition) is 3. The van der Waals surface area contributed by atoms with Crippen molar-refractivity contribution >= 4 is 24.9 Å². The van der Waals surface area contributed by atoms with Gasteiger partial charge >= 0.3 is 19.3 Å². The Hall–Kier alpha value is -2.56. The number of nitro benzene ring substituents is 2. The molecular weight excluding hydrogens is 373 g/mol. The van der Waals surface area contributed by atoms with Crippen LogP contribution in [0, 0.1) is 20.2 Å². The van der Waals surface area contributed by atoms with E-state index in [4.69, 9.17) is 9.63 Å². The number of hydrogen-bond acceptors (Lipinski definition) is 8. The van der Waals surface area contributed by atoms with Crippen LogP contribution in [-0.2, 0) is 9.36 Å². The molecule has 0 aliphatic carbocycles. The van der Waals surface area contributed by atoms with Crippen molar-refractivity contribution in [2.45, 2.75) is 26.2 Å². The molecule has 0 amide bonds. The van der Waals surface area contributed by atoms with Crippen molar-refractivity contribution in [3.63, 3.8) is 0 Å². The van der Waals surface area contributed by atoms with Crippen molar-refractivity contribution < 1.29 is 33.7 Å². The van der Waals surface area contributed by atoms with Gasteiger partial charge in [0.25, 0.3) is 5.69 Å². The number of benzene rings is 1. The summed E-state index contributed by atoms with van der Waals surface area (Å²) in [6.07, 6.45) is -0.338. The molecule has 2 atom stereocenters. The number of nitrogens with zero attached hydrogens (tertiary/aromatic N) is 2. The van der Waals surface area contributed by atoms with E-state index in [1.165, 1.54) is 0 Å². The van der Waals surface area contributed by atoms with Crippen molar-refractivity contribution in [3.05, 3.63) is 37.9 Å². The maximum absolute atomic E-state index is 12.1. The van der Waals surface area contributed by atoms with Crippen molar-refractivity contribution in [2.24, 2.45) is 0 Å². The van der Waals surface area contributed by atoms with E-state index in [-0.39, 0.29) is 5.56 Å². The second kappa shape index (κ2) is 8.70. The van der Waals surface area contributed by atoms with Crippen LogP contribution in [0.3, 0.4) is 0 Å². The zero-order valence-corrected chi connectivity index (χ0v) is 14.8. The van der Waals surface area contributed by atoms with E-state index in [0.717, 1.165) is 6.07 Å². The molecule has 0 fully saturated rings. The van der Waals surface area contributed by atoms with Crippen LogP contribution < -0.4 is 9.84 Å². The van der Waals surface area contributed by atoms with Crippen LogP contribution in [-0.4, -0.2) is 38.6 Å². The molecule has 12 nitrogen and oxygen atoms in total. The lowest BCUT2D eigenvalue weighted by molar-refractivity contribution is -0.394. The number of rotatable bonds is 10. The zero-order valence-electron chi connectivity index (χ0n) is 13.9. The monoisotopic (exact) mass is 391 g/mol. The first-order valence-electron chi connectivity index (χ1n) is 7.39. The molecule has 0 saturated heterocycles. The van der Waals surface area contributed by atoms with Crippen LogP contribution >= 0.6 is 7.60 Å². The molecular formula is C13H18N3O9P. The molecule has 0 aliphatic heterocycles. The summed E-state index contributed by atoms with van der Waals surface area (Å²) < 4.78 is 17.1. The Kier molecular flexibility index (Phi) is 7.19.